The fourth-order valence-corrected chi connectivity index (χ4v) is 7.57. The molecule has 49 heavy (non-hydrogen) atoms. The second-order valence-corrected chi connectivity index (χ2v) is 13.8. The van der Waals surface area contributed by atoms with E-state index < -0.39 is 147 Å². The number of carboxylic acid groups (broad SMARTS) is 1. The number of rotatable bonds is 9. The maximum Gasteiger partial charge on any atom is 0.317 e. The zero-order chi connectivity index (χ0) is 35.9. The van der Waals surface area contributed by atoms with Gasteiger partial charge in [0.25, 0.3) is 0 Å². The Morgan fingerprint density at radius 1 is 0.673 bits per heavy atom. The maximum atomic E-state index is 12.0. The van der Waals surface area contributed by atoms with Gasteiger partial charge in [-0.05, 0) is 44.9 Å². The van der Waals surface area contributed by atoms with Gasteiger partial charge in [0.05, 0.1) is 48.8 Å². The first-order chi connectivity index (χ1) is 23.0. The third-order valence-electron chi connectivity index (χ3n) is 10.3. The molecule has 0 radical (unpaired) electrons. The molecule has 11 N–H and O–H groups in total. The van der Waals surface area contributed by atoms with Gasteiger partial charge >= 0.3 is 11.9 Å². The molecule has 0 aromatic heterocycles. The second kappa shape index (κ2) is 15.9. The van der Waals surface area contributed by atoms with E-state index >= 15 is 0 Å². The first-order valence-electron chi connectivity index (χ1n) is 16.5. The number of carbonyl (C=O) groups excluding carboxylic acids is 1. The van der Waals surface area contributed by atoms with Gasteiger partial charge in [0.1, 0.15) is 61.9 Å². The van der Waals surface area contributed by atoms with Crippen molar-refractivity contribution in [2.75, 3.05) is 6.61 Å². The number of carbonyl (C=O) groups is 2. The van der Waals surface area contributed by atoms with Crippen LogP contribution in [0.1, 0.15) is 45.4 Å². The van der Waals surface area contributed by atoms with Crippen LogP contribution in [0.25, 0.3) is 0 Å². The molecule has 3 heterocycles. The highest BCUT2D eigenvalue weighted by Crippen LogP contribution is 2.44. The van der Waals surface area contributed by atoms with Crippen LogP contribution in [0.3, 0.4) is 0 Å². The van der Waals surface area contributed by atoms with Gasteiger partial charge in [0, 0.05) is 5.92 Å². The van der Waals surface area contributed by atoms with Crippen LogP contribution in [-0.4, -0.2) is 185 Å². The molecule has 18 unspecified atom stereocenters. The summed E-state index contributed by atoms with van der Waals surface area (Å²) < 4.78 is 35.0. The summed E-state index contributed by atoms with van der Waals surface area (Å²) in [4.78, 5) is 22.9. The Bertz CT molecular complexity index is 1120. The molecule has 5 aliphatic rings. The summed E-state index contributed by atoms with van der Waals surface area (Å²) in [5.41, 5.74) is 0. The number of hydrogen-bond donors (Lipinski definition) is 11. The minimum Gasteiger partial charge on any atom is -0.481 e. The van der Waals surface area contributed by atoms with Crippen molar-refractivity contribution in [3.8, 4) is 0 Å². The van der Waals surface area contributed by atoms with Crippen molar-refractivity contribution in [1.82, 2.24) is 0 Å². The number of hydrogen-bond acceptors (Lipinski definition) is 18. The molecule has 2 aliphatic carbocycles. The van der Waals surface area contributed by atoms with Crippen molar-refractivity contribution in [2.24, 2.45) is 11.8 Å². The zero-order valence-corrected chi connectivity index (χ0v) is 26.7. The number of aliphatic hydroxyl groups excluding tert-OH is 10. The summed E-state index contributed by atoms with van der Waals surface area (Å²) in [6.07, 6.45) is -25.8. The third-order valence-corrected chi connectivity index (χ3v) is 10.3. The molecule has 19 nitrogen and oxygen atoms in total. The van der Waals surface area contributed by atoms with Gasteiger partial charge < -0.3 is 84.6 Å². The number of fused-ring (bicyclic) bond motifs is 1. The van der Waals surface area contributed by atoms with Gasteiger partial charge in [-0.15, -0.1) is 0 Å². The van der Waals surface area contributed by atoms with E-state index in [2.05, 4.69) is 0 Å². The molecule has 0 spiro atoms. The lowest BCUT2D eigenvalue weighted by Crippen LogP contribution is -2.65. The summed E-state index contributed by atoms with van der Waals surface area (Å²) in [5.74, 6) is -3.84. The molecule has 282 valence electrons. The van der Waals surface area contributed by atoms with Crippen molar-refractivity contribution >= 4 is 11.9 Å². The fourth-order valence-electron chi connectivity index (χ4n) is 7.57. The van der Waals surface area contributed by atoms with Crippen LogP contribution in [0.2, 0.25) is 0 Å². The van der Waals surface area contributed by atoms with Crippen molar-refractivity contribution in [1.29, 1.82) is 0 Å². The van der Waals surface area contributed by atoms with Crippen molar-refractivity contribution < 1.29 is 94.2 Å². The van der Waals surface area contributed by atoms with E-state index in [1.807, 2.05) is 0 Å². The van der Waals surface area contributed by atoms with Gasteiger partial charge in [-0.3, -0.25) is 9.59 Å². The van der Waals surface area contributed by atoms with Crippen molar-refractivity contribution in [3.05, 3.63) is 0 Å². The average Bonchev–Trinajstić information content (AvgIpc) is 3.03. The SMILES string of the molecule is CC1OC(OC2C(OC3CC4C(O)CC(O)CC4OC3C3CC(O)C(O)C(O)C3)OC(COC(=O)CC(=O)O)C(O)C2O)C(O)C(O)C1O. The Morgan fingerprint density at radius 2 is 1.35 bits per heavy atom. The minimum atomic E-state index is -1.91. The first-order valence-corrected chi connectivity index (χ1v) is 16.5. The smallest absolute Gasteiger partial charge is 0.317 e. The number of ether oxygens (including phenoxy) is 6. The molecule has 2 saturated carbocycles. The molecule has 3 saturated heterocycles. The van der Waals surface area contributed by atoms with E-state index in [1.165, 1.54) is 6.92 Å². The predicted octanol–water partition coefficient (Wildman–Crippen LogP) is -5.17. The van der Waals surface area contributed by atoms with E-state index in [0.717, 1.165) is 0 Å². The van der Waals surface area contributed by atoms with Gasteiger partial charge in [-0.2, -0.15) is 0 Å². The first kappa shape index (κ1) is 38.6. The Labute approximate surface area is 280 Å². The normalized spacial score (nSPS) is 50.7. The number of aliphatic hydroxyl groups is 10. The molecule has 5 fully saturated rings. The van der Waals surface area contributed by atoms with Crippen LogP contribution in [0.15, 0.2) is 0 Å². The Morgan fingerprint density at radius 3 is 2.00 bits per heavy atom. The van der Waals surface area contributed by atoms with Crippen LogP contribution in [0, 0.1) is 11.8 Å². The molecule has 3 aliphatic heterocycles. The van der Waals surface area contributed by atoms with Gasteiger partial charge in [-0.1, -0.05) is 0 Å². The van der Waals surface area contributed by atoms with Gasteiger partial charge in [0.15, 0.2) is 12.6 Å². The molecule has 19 heteroatoms. The number of carboxylic acids is 1. The average molecular weight is 713 g/mol. The summed E-state index contributed by atoms with van der Waals surface area (Å²) >= 11 is 0. The highest BCUT2D eigenvalue weighted by molar-refractivity contribution is 5.90. The third kappa shape index (κ3) is 8.53. The Hall–Kier alpha value is -1.66. The van der Waals surface area contributed by atoms with Crippen LogP contribution < -0.4 is 0 Å². The molecular weight excluding hydrogens is 664 g/mol. The topological polar surface area (TPSA) is 312 Å². The van der Waals surface area contributed by atoms with E-state index in [4.69, 9.17) is 33.5 Å². The lowest BCUT2D eigenvalue weighted by molar-refractivity contribution is -0.377. The monoisotopic (exact) mass is 712 g/mol. The Balaban J connectivity index is 1.43. The standard InChI is InChI=1S/C30H48O19/c1-9-21(38)24(41)26(43)29(45-9)49-28-25(42)23(40)18(8-44-20(37)7-19(35)36)48-30(28)47-17-6-12-13(32)4-11(31)5-16(12)46-27(17)10-2-14(33)22(39)15(34)3-10/h9-18,21-34,38-43H,2-8H2,1H3,(H,35,36). The lowest BCUT2D eigenvalue weighted by Gasteiger charge is -2.52. The summed E-state index contributed by atoms with van der Waals surface area (Å²) in [6.45, 7) is 0.664. The van der Waals surface area contributed by atoms with E-state index in [9.17, 15) is 60.7 Å². The van der Waals surface area contributed by atoms with E-state index in [-0.39, 0.29) is 32.1 Å². The van der Waals surface area contributed by atoms with E-state index in [0.29, 0.717) is 0 Å². The van der Waals surface area contributed by atoms with Crippen LogP contribution >= 0.6 is 0 Å². The van der Waals surface area contributed by atoms with Crippen LogP contribution in [0.5, 0.6) is 0 Å². The highest BCUT2D eigenvalue weighted by Gasteiger charge is 2.55. The van der Waals surface area contributed by atoms with Gasteiger partial charge in [0.2, 0.25) is 0 Å². The van der Waals surface area contributed by atoms with Crippen LogP contribution in [0.4, 0.5) is 0 Å². The molecule has 0 aromatic rings. The lowest BCUT2D eigenvalue weighted by atomic mass is 9.72. The summed E-state index contributed by atoms with van der Waals surface area (Å²) in [7, 11) is 0. The number of esters is 1. The van der Waals surface area contributed by atoms with Crippen molar-refractivity contribution in [3.63, 3.8) is 0 Å². The quantitative estimate of drug-likeness (QED) is 0.0786. The molecular formula is C30H48O19. The van der Waals surface area contributed by atoms with E-state index in [1.54, 1.807) is 0 Å². The van der Waals surface area contributed by atoms with Gasteiger partial charge in [-0.25, -0.2) is 0 Å². The summed E-state index contributed by atoms with van der Waals surface area (Å²) in [5, 5.41) is 115. The molecule has 18 atom stereocenters. The fraction of sp³-hybridized carbons (Fsp3) is 0.933. The number of aliphatic carboxylic acids is 1. The summed E-state index contributed by atoms with van der Waals surface area (Å²) in [6, 6.07) is 0. The predicted molar refractivity (Wildman–Crippen MR) is 155 cm³/mol. The highest BCUT2D eigenvalue weighted by atomic mass is 16.8. The van der Waals surface area contributed by atoms with Crippen LogP contribution in [-0.2, 0) is 38.0 Å². The largest absolute Gasteiger partial charge is 0.481 e. The second-order valence-electron chi connectivity index (χ2n) is 13.8. The Kier molecular flexibility index (Phi) is 12.5. The maximum absolute atomic E-state index is 12.0. The zero-order valence-electron chi connectivity index (χ0n) is 26.7. The molecule has 5 rings (SSSR count). The molecule has 0 aromatic carbocycles. The molecule has 0 amide bonds. The minimum absolute atomic E-state index is 0.0274. The van der Waals surface area contributed by atoms with Crippen molar-refractivity contribution in [2.45, 2.75) is 156 Å². The molecule has 0 bridgehead atoms.